The second-order valence-electron chi connectivity index (χ2n) is 8.61. The minimum Gasteiger partial charge on any atom is -0.324 e. The first-order valence-corrected chi connectivity index (χ1v) is 10.4. The summed E-state index contributed by atoms with van der Waals surface area (Å²) in [5, 5.41) is 14.0. The van der Waals surface area contributed by atoms with E-state index in [0.717, 1.165) is 11.3 Å². The number of rotatable bonds is 2. The minimum atomic E-state index is -1.48. The molecular weight excluding hydrogens is 419 g/mol. The van der Waals surface area contributed by atoms with Gasteiger partial charge in [-0.2, -0.15) is 0 Å². The van der Waals surface area contributed by atoms with Crippen molar-refractivity contribution in [2.75, 3.05) is 16.8 Å². The molecular formula is C22H17FN4O5. The van der Waals surface area contributed by atoms with Crippen molar-refractivity contribution in [1.29, 1.82) is 0 Å². The monoisotopic (exact) mass is 436 g/mol. The Morgan fingerprint density at radius 2 is 1.94 bits per heavy atom. The van der Waals surface area contributed by atoms with Crippen molar-refractivity contribution in [1.82, 2.24) is 4.90 Å². The highest BCUT2D eigenvalue weighted by Gasteiger charge is 2.74. The lowest BCUT2D eigenvalue weighted by atomic mass is 9.75. The van der Waals surface area contributed by atoms with Crippen LogP contribution in [0.5, 0.6) is 0 Å². The summed E-state index contributed by atoms with van der Waals surface area (Å²) in [5.41, 5.74) is -0.837. The largest absolute Gasteiger partial charge is 0.324 e. The highest BCUT2D eigenvalue weighted by molar-refractivity contribution is 6.25. The second-order valence-corrected chi connectivity index (χ2v) is 8.61. The summed E-state index contributed by atoms with van der Waals surface area (Å²) < 4.78 is 14.3. The van der Waals surface area contributed by atoms with Gasteiger partial charge in [-0.3, -0.25) is 29.4 Å². The molecule has 0 bridgehead atoms. The first-order chi connectivity index (χ1) is 15.4. The maximum atomic E-state index is 14.3. The zero-order valence-electron chi connectivity index (χ0n) is 16.7. The lowest BCUT2D eigenvalue weighted by Gasteiger charge is -2.36. The minimum absolute atomic E-state index is 0.0983. The van der Waals surface area contributed by atoms with E-state index in [1.165, 1.54) is 42.5 Å². The van der Waals surface area contributed by atoms with Gasteiger partial charge in [0.05, 0.1) is 22.4 Å². The molecule has 32 heavy (non-hydrogen) atoms. The van der Waals surface area contributed by atoms with Gasteiger partial charge in [-0.15, -0.1) is 0 Å². The molecule has 9 nitrogen and oxygen atoms in total. The summed E-state index contributed by atoms with van der Waals surface area (Å²) in [4.78, 5) is 54.2. The summed E-state index contributed by atoms with van der Waals surface area (Å²) in [5.74, 6) is -3.88. The molecule has 3 fully saturated rings. The van der Waals surface area contributed by atoms with E-state index in [-0.39, 0.29) is 17.4 Å². The van der Waals surface area contributed by atoms with E-state index in [9.17, 15) is 28.9 Å². The molecule has 0 aliphatic carbocycles. The van der Waals surface area contributed by atoms with Gasteiger partial charge in [-0.25, -0.2) is 9.29 Å². The number of halogens is 1. The number of anilines is 2. The molecule has 4 atom stereocenters. The molecule has 2 aromatic carbocycles. The Kier molecular flexibility index (Phi) is 3.69. The molecule has 10 heteroatoms. The molecule has 4 aliphatic rings. The van der Waals surface area contributed by atoms with Gasteiger partial charge >= 0.3 is 0 Å². The number of fused-ring (bicyclic) bond motifs is 7. The Morgan fingerprint density at radius 3 is 2.72 bits per heavy atom. The van der Waals surface area contributed by atoms with Crippen LogP contribution in [0, 0.1) is 27.8 Å². The quantitative estimate of drug-likeness (QED) is 0.439. The van der Waals surface area contributed by atoms with E-state index >= 15 is 0 Å². The molecule has 0 aromatic heterocycles. The Bertz CT molecular complexity index is 1250. The zero-order valence-corrected chi connectivity index (χ0v) is 16.7. The van der Waals surface area contributed by atoms with Gasteiger partial charge in [0.15, 0.2) is 0 Å². The lowest BCUT2D eigenvalue weighted by Crippen LogP contribution is -2.54. The number of nitrogens with zero attached hydrogens (tertiary/aromatic N) is 3. The van der Waals surface area contributed by atoms with Gasteiger partial charge in [0.25, 0.3) is 5.69 Å². The number of amides is 3. The average molecular weight is 436 g/mol. The number of hydrogen-bond acceptors (Lipinski definition) is 6. The van der Waals surface area contributed by atoms with Gasteiger partial charge < -0.3 is 5.32 Å². The van der Waals surface area contributed by atoms with E-state index in [2.05, 4.69) is 5.32 Å². The number of nitrogens with one attached hydrogen (secondary N) is 1. The second kappa shape index (κ2) is 6.19. The predicted molar refractivity (Wildman–Crippen MR) is 109 cm³/mol. The maximum Gasteiger partial charge on any atom is 0.271 e. The van der Waals surface area contributed by atoms with Crippen molar-refractivity contribution in [3.63, 3.8) is 0 Å². The highest BCUT2D eigenvalue weighted by Crippen LogP contribution is 2.60. The van der Waals surface area contributed by atoms with Gasteiger partial charge in [0.1, 0.15) is 11.4 Å². The Balaban J connectivity index is 1.54. The van der Waals surface area contributed by atoms with E-state index in [1.54, 1.807) is 0 Å². The van der Waals surface area contributed by atoms with Crippen LogP contribution in [0.1, 0.15) is 18.4 Å². The zero-order chi connectivity index (χ0) is 22.4. The molecule has 6 rings (SSSR count). The first-order valence-electron chi connectivity index (χ1n) is 10.4. The van der Waals surface area contributed by atoms with Crippen molar-refractivity contribution in [3.05, 3.63) is 64.0 Å². The SMILES string of the molecule is O=C1[C@H]2[C@H]3CCCN3[C@@]3(C(=O)Nc4ccc(F)cc43)[C@@H]2C(=O)N1c1cccc([N+](=O)[O-])c1. The fourth-order valence-corrected chi connectivity index (χ4v) is 6.18. The van der Waals surface area contributed by atoms with Gasteiger partial charge in [-0.05, 0) is 43.7 Å². The van der Waals surface area contributed by atoms with E-state index in [1.807, 2.05) is 4.90 Å². The van der Waals surface area contributed by atoms with Crippen LogP contribution >= 0.6 is 0 Å². The van der Waals surface area contributed by atoms with Crippen LogP contribution in [-0.2, 0) is 19.9 Å². The molecule has 0 unspecified atom stereocenters. The third-order valence-electron chi connectivity index (χ3n) is 7.25. The normalized spacial score (nSPS) is 30.6. The molecule has 0 saturated carbocycles. The van der Waals surface area contributed by atoms with Crippen molar-refractivity contribution in [2.45, 2.75) is 24.4 Å². The lowest BCUT2D eigenvalue weighted by molar-refractivity contribution is -0.384. The number of carbonyl (C=O) groups excluding carboxylic acids is 3. The maximum absolute atomic E-state index is 14.3. The molecule has 4 heterocycles. The Morgan fingerprint density at radius 1 is 1.12 bits per heavy atom. The number of imide groups is 1. The summed E-state index contributed by atoms with van der Waals surface area (Å²) in [6.07, 6.45) is 1.37. The Hall–Kier alpha value is -3.66. The average Bonchev–Trinajstić information content (AvgIpc) is 3.46. The Labute approximate surface area is 180 Å². The van der Waals surface area contributed by atoms with Crippen molar-refractivity contribution < 1.29 is 23.7 Å². The number of hydrogen-bond donors (Lipinski definition) is 1. The highest BCUT2D eigenvalue weighted by atomic mass is 19.1. The van der Waals surface area contributed by atoms with Crippen LogP contribution < -0.4 is 10.2 Å². The molecule has 3 saturated heterocycles. The molecule has 1 spiro atoms. The number of carbonyl (C=O) groups is 3. The van der Waals surface area contributed by atoms with Crippen LogP contribution in [0.25, 0.3) is 0 Å². The van der Waals surface area contributed by atoms with E-state index in [0.29, 0.717) is 24.2 Å². The van der Waals surface area contributed by atoms with Crippen molar-refractivity contribution in [2.24, 2.45) is 11.8 Å². The molecule has 3 amide bonds. The van der Waals surface area contributed by atoms with Gasteiger partial charge in [0, 0.05) is 29.4 Å². The third-order valence-corrected chi connectivity index (χ3v) is 7.25. The standard InChI is InChI=1S/C22H17FN4O5/c23-11-6-7-15-14(9-11)22(21(30)24-15)18-17(16-5-2-8-25(16)22)19(28)26(20(18)29)12-3-1-4-13(10-12)27(31)32/h1,3-4,6-7,9-10,16-18H,2,5,8H2,(H,24,30)/t16-,17+,18+,22-/m1/s1. The van der Waals surface area contributed by atoms with Crippen LogP contribution in [0.4, 0.5) is 21.5 Å². The van der Waals surface area contributed by atoms with E-state index in [4.69, 9.17) is 0 Å². The molecule has 1 N–H and O–H groups in total. The fourth-order valence-electron chi connectivity index (χ4n) is 6.18. The summed E-state index contributed by atoms with van der Waals surface area (Å²) in [6, 6.07) is 8.95. The van der Waals surface area contributed by atoms with Crippen LogP contribution in [0.3, 0.4) is 0 Å². The summed E-state index contributed by atoms with van der Waals surface area (Å²) in [6.45, 7) is 0.512. The fraction of sp³-hybridized carbons (Fsp3) is 0.318. The molecule has 0 radical (unpaired) electrons. The molecule has 2 aromatic rings. The van der Waals surface area contributed by atoms with Crippen LogP contribution in [0.15, 0.2) is 42.5 Å². The van der Waals surface area contributed by atoms with Gasteiger partial charge in [0.2, 0.25) is 17.7 Å². The molecule has 4 aliphatic heterocycles. The van der Waals surface area contributed by atoms with E-state index < -0.39 is 45.8 Å². The number of nitro groups is 1. The summed E-state index contributed by atoms with van der Waals surface area (Å²) >= 11 is 0. The topological polar surface area (TPSA) is 113 Å². The number of non-ortho nitro benzene ring substituents is 1. The smallest absolute Gasteiger partial charge is 0.271 e. The number of benzene rings is 2. The first kappa shape index (κ1) is 19.1. The predicted octanol–water partition coefficient (Wildman–Crippen LogP) is 2.17. The van der Waals surface area contributed by atoms with Gasteiger partial charge in [-0.1, -0.05) is 6.07 Å². The summed E-state index contributed by atoms with van der Waals surface area (Å²) in [7, 11) is 0. The third kappa shape index (κ3) is 2.12. The van der Waals surface area contributed by atoms with Crippen molar-refractivity contribution in [3.8, 4) is 0 Å². The van der Waals surface area contributed by atoms with Crippen molar-refractivity contribution >= 4 is 34.8 Å². The number of nitro benzene ring substituents is 1. The molecule has 162 valence electrons. The van der Waals surface area contributed by atoms with Crippen LogP contribution in [-0.4, -0.2) is 40.1 Å². The van der Waals surface area contributed by atoms with Crippen LogP contribution in [0.2, 0.25) is 0 Å².